The molecule has 1 aromatic heterocycles. The fraction of sp³-hybridized carbons (Fsp3) is 0.0714. The third-order valence-corrected chi connectivity index (χ3v) is 2.18. The minimum absolute atomic E-state index is 0.348. The van der Waals surface area contributed by atoms with Crippen LogP contribution in [-0.4, -0.2) is 13.1 Å². The first-order chi connectivity index (χ1) is 8.29. The van der Waals surface area contributed by atoms with Gasteiger partial charge in [0.2, 0.25) is 0 Å². The molecule has 0 radical (unpaired) electrons. The Kier molecular flexibility index (Phi) is 3.27. The normalized spacial score (nSPS) is 9.24. The molecule has 3 heteroatoms. The number of rotatable bonds is 1. The molecule has 0 fully saturated rings. The lowest BCUT2D eigenvalue weighted by Crippen LogP contribution is -2.00. The van der Waals surface area contributed by atoms with Crippen LogP contribution >= 0.6 is 0 Å². The Morgan fingerprint density at radius 1 is 1.12 bits per heavy atom. The van der Waals surface area contributed by atoms with Crippen LogP contribution in [-0.2, 0) is 4.74 Å². The first-order valence-electron chi connectivity index (χ1n) is 5.02. The van der Waals surface area contributed by atoms with Crippen molar-refractivity contribution in [3.8, 4) is 11.8 Å². The molecule has 0 unspecified atom stereocenters. The van der Waals surface area contributed by atoms with Crippen molar-refractivity contribution in [1.29, 1.82) is 0 Å². The van der Waals surface area contributed by atoms with Crippen LogP contribution in [0, 0.1) is 11.8 Å². The third-order valence-electron chi connectivity index (χ3n) is 2.18. The van der Waals surface area contributed by atoms with Gasteiger partial charge >= 0.3 is 5.97 Å². The van der Waals surface area contributed by atoms with E-state index in [0.29, 0.717) is 5.56 Å². The van der Waals surface area contributed by atoms with E-state index in [1.807, 2.05) is 0 Å². The molecule has 0 saturated heterocycles. The molecule has 0 aliphatic heterocycles. The van der Waals surface area contributed by atoms with Gasteiger partial charge in [-0.05, 0) is 30.3 Å². The average molecular weight is 226 g/mol. The number of hydrogen-bond acceptors (Lipinski definition) is 3. The number of carbonyl (C=O) groups excluding carboxylic acids is 1. The molecule has 0 aliphatic rings. The maximum atomic E-state index is 11.2. The fourth-order valence-corrected chi connectivity index (χ4v) is 1.29. The number of methoxy groups -OCH3 is 1. The Balaban J connectivity index is 2.16. The summed E-state index contributed by atoms with van der Waals surface area (Å²) < 4.78 is 9.51. The number of carbonyl (C=O) groups is 1. The summed E-state index contributed by atoms with van der Waals surface area (Å²) in [6.45, 7) is 0. The first kappa shape index (κ1) is 11.0. The van der Waals surface area contributed by atoms with Gasteiger partial charge in [-0.15, -0.1) is 0 Å². The molecule has 0 bridgehead atoms. The molecule has 0 amide bonds. The van der Waals surface area contributed by atoms with E-state index in [-0.39, 0.29) is 5.97 Å². The molecule has 2 aromatic rings. The van der Waals surface area contributed by atoms with E-state index in [9.17, 15) is 4.79 Å². The van der Waals surface area contributed by atoms with E-state index in [0.717, 1.165) is 11.1 Å². The molecule has 3 nitrogen and oxygen atoms in total. The van der Waals surface area contributed by atoms with Crippen molar-refractivity contribution in [3.05, 3.63) is 59.5 Å². The molecule has 1 heterocycles. The predicted octanol–water partition coefficient (Wildman–Crippen LogP) is 2.47. The van der Waals surface area contributed by atoms with E-state index < -0.39 is 0 Å². The Morgan fingerprint density at radius 3 is 2.41 bits per heavy atom. The van der Waals surface area contributed by atoms with Crippen molar-refractivity contribution in [3.63, 3.8) is 0 Å². The largest absolute Gasteiger partial charge is 0.471 e. The Labute approximate surface area is 99.0 Å². The van der Waals surface area contributed by atoms with Crippen LogP contribution in [0.25, 0.3) is 0 Å². The highest BCUT2D eigenvalue weighted by Gasteiger charge is 2.02. The fourth-order valence-electron chi connectivity index (χ4n) is 1.29. The quantitative estimate of drug-likeness (QED) is 0.554. The van der Waals surface area contributed by atoms with E-state index >= 15 is 0 Å². The van der Waals surface area contributed by atoms with Crippen LogP contribution < -0.4 is 0 Å². The summed E-state index contributed by atoms with van der Waals surface area (Å²) in [6.07, 6.45) is 3.15. The first-order valence-corrected chi connectivity index (χ1v) is 5.02. The van der Waals surface area contributed by atoms with Crippen molar-refractivity contribution in [1.82, 2.24) is 0 Å². The molecule has 0 N–H and O–H groups in total. The molecular formula is C14H10O3. The van der Waals surface area contributed by atoms with Gasteiger partial charge in [0.1, 0.15) is 6.26 Å². The molecule has 0 aliphatic carbocycles. The van der Waals surface area contributed by atoms with Crippen LogP contribution in [0.5, 0.6) is 0 Å². The summed E-state index contributed by atoms with van der Waals surface area (Å²) >= 11 is 0. The van der Waals surface area contributed by atoms with E-state index in [2.05, 4.69) is 16.6 Å². The highest BCUT2D eigenvalue weighted by atomic mass is 16.5. The summed E-state index contributed by atoms with van der Waals surface area (Å²) in [5.74, 6) is 5.56. The van der Waals surface area contributed by atoms with Crippen LogP contribution in [0.4, 0.5) is 0 Å². The molecular weight excluding hydrogens is 216 g/mol. The zero-order valence-electron chi connectivity index (χ0n) is 9.27. The number of esters is 1. The SMILES string of the molecule is COC(=O)c1ccc(C#Cc2ccoc2)cc1. The second kappa shape index (κ2) is 5.04. The number of benzene rings is 1. The van der Waals surface area contributed by atoms with Crippen LogP contribution in [0.1, 0.15) is 21.5 Å². The van der Waals surface area contributed by atoms with E-state index in [4.69, 9.17) is 4.42 Å². The summed E-state index contributed by atoms with van der Waals surface area (Å²) in [7, 11) is 1.36. The zero-order chi connectivity index (χ0) is 12.1. The molecule has 1 aromatic carbocycles. The number of furan rings is 1. The van der Waals surface area contributed by atoms with Gasteiger partial charge in [-0.3, -0.25) is 0 Å². The maximum absolute atomic E-state index is 11.2. The molecule has 84 valence electrons. The number of ether oxygens (including phenoxy) is 1. The van der Waals surface area contributed by atoms with Gasteiger partial charge in [-0.1, -0.05) is 11.8 Å². The van der Waals surface area contributed by atoms with Crippen molar-refractivity contribution in [2.75, 3.05) is 7.11 Å². The summed E-state index contributed by atoms with van der Waals surface area (Å²) in [5.41, 5.74) is 2.17. The number of hydrogen-bond donors (Lipinski definition) is 0. The highest BCUT2D eigenvalue weighted by Crippen LogP contribution is 2.05. The second-order valence-corrected chi connectivity index (χ2v) is 3.33. The van der Waals surface area contributed by atoms with Gasteiger partial charge in [0, 0.05) is 5.56 Å². The second-order valence-electron chi connectivity index (χ2n) is 3.33. The summed E-state index contributed by atoms with van der Waals surface area (Å²) in [4.78, 5) is 11.2. The zero-order valence-corrected chi connectivity index (χ0v) is 9.27. The Bertz CT molecular complexity index is 554. The van der Waals surface area contributed by atoms with Crippen LogP contribution in [0.3, 0.4) is 0 Å². The summed E-state index contributed by atoms with van der Waals surface area (Å²) in [5, 5.41) is 0. The minimum atomic E-state index is -0.348. The Morgan fingerprint density at radius 2 is 1.82 bits per heavy atom. The van der Waals surface area contributed by atoms with Gasteiger partial charge in [-0.25, -0.2) is 4.79 Å². The topological polar surface area (TPSA) is 39.4 Å². The third kappa shape index (κ3) is 2.76. The van der Waals surface area contributed by atoms with Gasteiger partial charge in [-0.2, -0.15) is 0 Å². The predicted molar refractivity (Wildman–Crippen MR) is 62.5 cm³/mol. The van der Waals surface area contributed by atoms with Gasteiger partial charge < -0.3 is 9.15 Å². The van der Waals surface area contributed by atoms with E-state index in [1.165, 1.54) is 7.11 Å². The van der Waals surface area contributed by atoms with Gasteiger partial charge in [0.05, 0.1) is 24.5 Å². The van der Waals surface area contributed by atoms with Crippen molar-refractivity contribution in [2.45, 2.75) is 0 Å². The highest BCUT2D eigenvalue weighted by molar-refractivity contribution is 5.89. The average Bonchev–Trinajstić information content (AvgIpc) is 2.89. The van der Waals surface area contributed by atoms with Crippen LogP contribution in [0.2, 0.25) is 0 Å². The van der Waals surface area contributed by atoms with E-state index in [1.54, 1.807) is 42.9 Å². The van der Waals surface area contributed by atoms with Gasteiger partial charge in [0.25, 0.3) is 0 Å². The van der Waals surface area contributed by atoms with Crippen LogP contribution in [0.15, 0.2) is 47.3 Å². The lowest BCUT2D eigenvalue weighted by Gasteiger charge is -1.97. The standard InChI is InChI=1S/C14H10O3/c1-16-14(15)13-6-4-11(5-7-13)2-3-12-8-9-17-10-12/h4-10H,1H3. The van der Waals surface area contributed by atoms with Crippen molar-refractivity contribution in [2.24, 2.45) is 0 Å². The lowest BCUT2D eigenvalue weighted by atomic mass is 10.1. The lowest BCUT2D eigenvalue weighted by molar-refractivity contribution is 0.0601. The monoisotopic (exact) mass is 226 g/mol. The molecule has 0 saturated carbocycles. The molecule has 17 heavy (non-hydrogen) atoms. The minimum Gasteiger partial charge on any atom is -0.471 e. The van der Waals surface area contributed by atoms with Gasteiger partial charge in [0.15, 0.2) is 0 Å². The smallest absolute Gasteiger partial charge is 0.337 e. The van der Waals surface area contributed by atoms with Crippen molar-refractivity contribution >= 4 is 5.97 Å². The Hall–Kier alpha value is -2.47. The maximum Gasteiger partial charge on any atom is 0.337 e. The van der Waals surface area contributed by atoms with Crippen molar-refractivity contribution < 1.29 is 13.9 Å². The summed E-state index contributed by atoms with van der Waals surface area (Å²) in [6, 6.07) is 8.71. The molecule has 0 spiro atoms. The molecule has 2 rings (SSSR count). The molecule has 0 atom stereocenters.